The maximum Gasteiger partial charge on any atom is 0.191 e. The number of nitrogens with one attached hydrogen (secondary N) is 2. The highest BCUT2D eigenvalue weighted by molar-refractivity contribution is 14.0. The fourth-order valence-electron chi connectivity index (χ4n) is 3.31. The van der Waals surface area contributed by atoms with E-state index in [9.17, 15) is 0 Å². The average molecular weight is 456 g/mol. The van der Waals surface area contributed by atoms with Crippen LogP contribution >= 0.6 is 24.0 Å². The van der Waals surface area contributed by atoms with Crippen LogP contribution in [0.5, 0.6) is 0 Å². The van der Waals surface area contributed by atoms with Crippen LogP contribution in [0.25, 0.3) is 0 Å². The van der Waals surface area contributed by atoms with E-state index in [0.717, 1.165) is 25.6 Å². The number of halogens is 1. The maximum absolute atomic E-state index is 4.81. The van der Waals surface area contributed by atoms with Crippen LogP contribution in [0.1, 0.15) is 56.6 Å². The van der Waals surface area contributed by atoms with Gasteiger partial charge in [-0.2, -0.15) is 0 Å². The van der Waals surface area contributed by atoms with Crippen molar-refractivity contribution in [3.8, 4) is 0 Å². The van der Waals surface area contributed by atoms with E-state index in [4.69, 9.17) is 4.99 Å². The van der Waals surface area contributed by atoms with Crippen molar-refractivity contribution in [3.63, 3.8) is 0 Å². The van der Waals surface area contributed by atoms with Crippen molar-refractivity contribution >= 4 is 29.9 Å². The van der Waals surface area contributed by atoms with Crippen molar-refractivity contribution in [2.24, 2.45) is 4.99 Å². The number of aliphatic imine (C=N–C) groups is 1. The summed E-state index contributed by atoms with van der Waals surface area (Å²) in [5.74, 6) is 0.963. The standard InChI is InChI=1S/C20H32N4.HI/c1-2-21-20(23-19-11-12-19)22-15-17-9-5-6-10-18(17)16-24-13-7-3-4-8-14-24;/h5-6,9-10,19H,2-4,7-8,11-16H2,1H3,(H2,21,22,23);1H. The average Bonchev–Trinajstić information content (AvgIpc) is 3.42. The van der Waals surface area contributed by atoms with E-state index in [0.29, 0.717) is 6.04 Å². The molecule has 0 radical (unpaired) electrons. The molecule has 2 fully saturated rings. The summed E-state index contributed by atoms with van der Waals surface area (Å²) in [6.07, 6.45) is 8.01. The Balaban J connectivity index is 0.00000225. The van der Waals surface area contributed by atoms with E-state index in [1.165, 1.54) is 62.7 Å². The Kier molecular flexibility index (Phi) is 9.03. The van der Waals surface area contributed by atoms with Crippen LogP contribution in [0.15, 0.2) is 29.3 Å². The Bertz CT molecular complexity index is 534. The number of rotatable bonds is 6. The van der Waals surface area contributed by atoms with E-state index in [-0.39, 0.29) is 24.0 Å². The lowest BCUT2D eigenvalue weighted by Gasteiger charge is -2.21. The molecule has 0 aromatic heterocycles. The van der Waals surface area contributed by atoms with Crippen LogP contribution in [0.3, 0.4) is 0 Å². The van der Waals surface area contributed by atoms with Gasteiger partial charge in [0.1, 0.15) is 0 Å². The third kappa shape index (κ3) is 7.13. The molecule has 1 saturated carbocycles. The Labute approximate surface area is 169 Å². The third-order valence-electron chi connectivity index (χ3n) is 4.88. The summed E-state index contributed by atoms with van der Waals surface area (Å²) in [5.41, 5.74) is 2.79. The number of hydrogen-bond acceptors (Lipinski definition) is 2. The van der Waals surface area contributed by atoms with Crippen molar-refractivity contribution in [1.29, 1.82) is 0 Å². The predicted molar refractivity (Wildman–Crippen MR) is 117 cm³/mol. The molecule has 1 aliphatic carbocycles. The molecule has 1 saturated heterocycles. The number of hydrogen-bond donors (Lipinski definition) is 2. The highest BCUT2D eigenvalue weighted by Gasteiger charge is 2.22. The SMILES string of the molecule is CCNC(=NCc1ccccc1CN1CCCCCC1)NC1CC1.I. The molecule has 3 rings (SSSR count). The van der Waals surface area contributed by atoms with Gasteiger partial charge in [-0.15, -0.1) is 24.0 Å². The van der Waals surface area contributed by atoms with E-state index < -0.39 is 0 Å². The Morgan fingerprint density at radius 2 is 1.76 bits per heavy atom. The quantitative estimate of drug-likeness (QED) is 0.388. The van der Waals surface area contributed by atoms with Crippen LogP contribution in [0.4, 0.5) is 0 Å². The van der Waals surface area contributed by atoms with Crippen molar-refractivity contribution < 1.29 is 0 Å². The summed E-state index contributed by atoms with van der Waals surface area (Å²) < 4.78 is 0. The molecule has 140 valence electrons. The topological polar surface area (TPSA) is 39.7 Å². The Morgan fingerprint density at radius 1 is 1.08 bits per heavy atom. The fraction of sp³-hybridized carbons (Fsp3) is 0.650. The van der Waals surface area contributed by atoms with Gasteiger partial charge in [-0.05, 0) is 56.8 Å². The van der Waals surface area contributed by atoms with Crippen LogP contribution in [-0.4, -0.2) is 36.5 Å². The van der Waals surface area contributed by atoms with Crippen molar-refractivity contribution in [3.05, 3.63) is 35.4 Å². The minimum atomic E-state index is 0. The van der Waals surface area contributed by atoms with Gasteiger partial charge in [0.15, 0.2) is 5.96 Å². The van der Waals surface area contributed by atoms with E-state index in [2.05, 4.69) is 46.7 Å². The molecule has 25 heavy (non-hydrogen) atoms. The van der Waals surface area contributed by atoms with E-state index in [1.807, 2.05) is 0 Å². The van der Waals surface area contributed by atoms with Gasteiger partial charge in [-0.3, -0.25) is 4.90 Å². The van der Waals surface area contributed by atoms with Gasteiger partial charge in [0.05, 0.1) is 6.54 Å². The summed E-state index contributed by atoms with van der Waals surface area (Å²) >= 11 is 0. The molecule has 4 nitrogen and oxygen atoms in total. The van der Waals surface area contributed by atoms with Crippen LogP contribution < -0.4 is 10.6 Å². The fourth-order valence-corrected chi connectivity index (χ4v) is 3.31. The Hall–Kier alpha value is -0.820. The molecule has 0 amide bonds. The molecule has 0 atom stereocenters. The second-order valence-corrected chi connectivity index (χ2v) is 7.07. The largest absolute Gasteiger partial charge is 0.357 e. The van der Waals surface area contributed by atoms with Crippen LogP contribution in [0, 0.1) is 0 Å². The van der Waals surface area contributed by atoms with E-state index in [1.54, 1.807) is 0 Å². The van der Waals surface area contributed by atoms with E-state index >= 15 is 0 Å². The molecule has 1 aliphatic heterocycles. The summed E-state index contributed by atoms with van der Waals surface area (Å²) in [6, 6.07) is 9.44. The minimum Gasteiger partial charge on any atom is -0.357 e. The van der Waals surface area contributed by atoms with Gasteiger partial charge in [-0.25, -0.2) is 4.99 Å². The van der Waals surface area contributed by atoms with Gasteiger partial charge in [0.25, 0.3) is 0 Å². The minimum absolute atomic E-state index is 0. The molecule has 1 aromatic carbocycles. The van der Waals surface area contributed by atoms with Gasteiger partial charge in [0.2, 0.25) is 0 Å². The molecular weight excluding hydrogens is 423 g/mol. The first kappa shape index (κ1) is 20.5. The molecule has 1 aromatic rings. The van der Waals surface area contributed by atoms with Gasteiger partial charge < -0.3 is 10.6 Å². The maximum atomic E-state index is 4.81. The van der Waals surface area contributed by atoms with Gasteiger partial charge in [-0.1, -0.05) is 37.1 Å². The van der Waals surface area contributed by atoms with Crippen molar-refractivity contribution in [2.75, 3.05) is 19.6 Å². The highest BCUT2D eigenvalue weighted by atomic mass is 127. The molecule has 2 N–H and O–H groups in total. The highest BCUT2D eigenvalue weighted by Crippen LogP contribution is 2.19. The first-order valence-corrected chi connectivity index (χ1v) is 9.69. The zero-order valence-electron chi connectivity index (χ0n) is 15.5. The third-order valence-corrected chi connectivity index (χ3v) is 4.88. The molecule has 0 unspecified atom stereocenters. The monoisotopic (exact) mass is 456 g/mol. The number of likely N-dealkylation sites (tertiary alicyclic amines) is 1. The molecule has 1 heterocycles. The predicted octanol–water partition coefficient (Wildman–Crippen LogP) is 3.90. The summed E-state index contributed by atoms with van der Waals surface area (Å²) in [7, 11) is 0. The molecule has 0 spiro atoms. The summed E-state index contributed by atoms with van der Waals surface area (Å²) in [6.45, 7) is 7.34. The zero-order valence-corrected chi connectivity index (χ0v) is 17.8. The lowest BCUT2D eigenvalue weighted by Crippen LogP contribution is -2.38. The lowest BCUT2D eigenvalue weighted by molar-refractivity contribution is 0.276. The Morgan fingerprint density at radius 3 is 2.40 bits per heavy atom. The van der Waals surface area contributed by atoms with Crippen molar-refractivity contribution in [2.45, 2.75) is 64.6 Å². The normalized spacial score (nSPS) is 19.0. The summed E-state index contributed by atoms with van der Waals surface area (Å²) in [5, 5.41) is 6.86. The lowest BCUT2D eigenvalue weighted by atomic mass is 10.1. The number of benzene rings is 1. The van der Waals surface area contributed by atoms with Crippen molar-refractivity contribution in [1.82, 2.24) is 15.5 Å². The van der Waals surface area contributed by atoms with Crippen LogP contribution in [-0.2, 0) is 13.1 Å². The molecular formula is C20H33IN4. The molecule has 0 bridgehead atoms. The first-order chi connectivity index (χ1) is 11.8. The molecule has 2 aliphatic rings. The van der Waals surface area contributed by atoms with Crippen LogP contribution in [0.2, 0.25) is 0 Å². The smallest absolute Gasteiger partial charge is 0.191 e. The number of nitrogens with zero attached hydrogens (tertiary/aromatic N) is 2. The first-order valence-electron chi connectivity index (χ1n) is 9.69. The molecule has 5 heteroatoms. The number of guanidine groups is 1. The van der Waals surface area contributed by atoms with Gasteiger partial charge in [0, 0.05) is 19.1 Å². The zero-order chi connectivity index (χ0) is 16.6. The summed E-state index contributed by atoms with van der Waals surface area (Å²) in [4.78, 5) is 7.43. The second-order valence-electron chi connectivity index (χ2n) is 7.07. The van der Waals surface area contributed by atoms with Gasteiger partial charge >= 0.3 is 0 Å². The second kappa shape index (κ2) is 11.0.